The molecule has 0 N–H and O–H groups in total. The van der Waals surface area contributed by atoms with Gasteiger partial charge in [-0.2, -0.15) is 0 Å². The van der Waals surface area contributed by atoms with Crippen molar-refractivity contribution in [2.24, 2.45) is 40.9 Å². The Morgan fingerprint density at radius 3 is 1.30 bits per heavy atom. The van der Waals surface area contributed by atoms with Crippen molar-refractivity contribution in [3.63, 3.8) is 0 Å². The Morgan fingerprint density at radius 1 is 0.850 bits per heavy atom. The highest BCUT2D eigenvalue weighted by Gasteiger charge is 2.39. The van der Waals surface area contributed by atoms with Gasteiger partial charge in [-0.3, -0.25) is 0 Å². The zero-order chi connectivity index (χ0) is 15.5. The second-order valence-corrected chi connectivity index (χ2v) is 9.01. The summed E-state index contributed by atoms with van der Waals surface area (Å²) in [7, 11) is 0. The smallest absolute Gasteiger partial charge is 0.0302 e. The van der Waals surface area contributed by atoms with Crippen LogP contribution in [-0.2, 0) is 0 Å². The molecule has 3 rings (SSSR count). The van der Waals surface area contributed by atoms with Crippen molar-refractivity contribution in [1.29, 1.82) is 0 Å². The quantitative estimate of drug-likeness (QED) is 0.533. The standard InChI is InChI=1S/2C7H14.C6H12/c1-6(2)7(3)4-5-7;1-5(2)7-4-6(7)3;1-5(2)6-3-4-6/h6H,4-5H2,1-3H3;5-7H,4H2,1-3H3;5-6H,3-4H2,1-2H3. The molecule has 3 aliphatic rings. The lowest BCUT2D eigenvalue weighted by atomic mass is 9.95. The van der Waals surface area contributed by atoms with E-state index >= 15 is 0 Å². The van der Waals surface area contributed by atoms with Crippen LogP contribution in [0.4, 0.5) is 0 Å². The fourth-order valence-corrected chi connectivity index (χ4v) is 2.82. The third-order valence-corrected chi connectivity index (χ3v) is 6.03. The monoisotopic (exact) mass is 280 g/mol. The Bertz CT molecular complexity index is 266. The lowest BCUT2D eigenvalue weighted by molar-refractivity contribution is 0.397. The topological polar surface area (TPSA) is 0 Å². The van der Waals surface area contributed by atoms with E-state index in [0.717, 1.165) is 40.9 Å². The summed E-state index contributed by atoms with van der Waals surface area (Å²) < 4.78 is 0. The van der Waals surface area contributed by atoms with Gasteiger partial charge in [0.05, 0.1) is 0 Å². The third kappa shape index (κ3) is 6.64. The molecule has 3 aliphatic carbocycles. The van der Waals surface area contributed by atoms with Crippen LogP contribution >= 0.6 is 0 Å². The van der Waals surface area contributed by atoms with Crippen molar-refractivity contribution in [2.75, 3.05) is 0 Å². The van der Waals surface area contributed by atoms with Gasteiger partial charge in [0.15, 0.2) is 0 Å². The van der Waals surface area contributed by atoms with Gasteiger partial charge in [0.1, 0.15) is 0 Å². The van der Waals surface area contributed by atoms with E-state index in [9.17, 15) is 0 Å². The van der Waals surface area contributed by atoms with Crippen LogP contribution in [0.15, 0.2) is 0 Å². The van der Waals surface area contributed by atoms with Crippen LogP contribution in [0.25, 0.3) is 0 Å². The SMILES string of the molecule is CC(C)C1(C)CC1.CC(C)C1CC1.CC(C)C1CC1C. The molecule has 0 aromatic heterocycles. The molecule has 0 aromatic rings. The molecule has 3 fully saturated rings. The van der Waals surface area contributed by atoms with Gasteiger partial charge in [0.2, 0.25) is 0 Å². The predicted octanol–water partition coefficient (Wildman–Crippen LogP) is 6.79. The van der Waals surface area contributed by atoms with E-state index in [4.69, 9.17) is 0 Å². The van der Waals surface area contributed by atoms with Gasteiger partial charge < -0.3 is 0 Å². The molecule has 3 saturated carbocycles. The van der Waals surface area contributed by atoms with Crippen molar-refractivity contribution in [1.82, 2.24) is 0 Å². The zero-order valence-electron chi connectivity index (χ0n) is 15.5. The van der Waals surface area contributed by atoms with Crippen LogP contribution in [-0.4, -0.2) is 0 Å². The van der Waals surface area contributed by atoms with Crippen LogP contribution in [0, 0.1) is 40.9 Å². The lowest BCUT2D eigenvalue weighted by Crippen LogP contribution is -2.01. The first-order valence-electron chi connectivity index (χ1n) is 9.17. The molecule has 0 radical (unpaired) electrons. The first kappa shape index (κ1) is 18.1. The second kappa shape index (κ2) is 7.32. The highest BCUT2D eigenvalue weighted by Crippen LogP contribution is 2.50. The number of rotatable bonds is 3. The minimum atomic E-state index is 0.750. The van der Waals surface area contributed by atoms with Gasteiger partial charge in [-0.1, -0.05) is 55.4 Å². The van der Waals surface area contributed by atoms with Gasteiger partial charge >= 0.3 is 0 Å². The number of hydrogen-bond acceptors (Lipinski definition) is 0. The highest BCUT2D eigenvalue weighted by atomic mass is 14.4. The molecule has 0 heteroatoms. The van der Waals surface area contributed by atoms with Crippen molar-refractivity contribution < 1.29 is 0 Å². The molecule has 20 heavy (non-hydrogen) atoms. The van der Waals surface area contributed by atoms with Crippen LogP contribution in [0.5, 0.6) is 0 Å². The summed E-state index contributed by atoms with van der Waals surface area (Å²) in [5, 5.41) is 0. The highest BCUT2D eigenvalue weighted by molar-refractivity contribution is 4.90. The Hall–Kier alpha value is 0. The molecule has 0 aliphatic heterocycles. The van der Waals surface area contributed by atoms with Crippen molar-refractivity contribution in [3.8, 4) is 0 Å². The van der Waals surface area contributed by atoms with E-state index in [1.165, 1.54) is 32.1 Å². The molecule has 0 saturated heterocycles. The molecule has 0 heterocycles. The van der Waals surface area contributed by atoms with Crippen LogP contribution in [0.1, 0.15) is 87.5 Å². The molecule has 0 bridgehead atoms. The Morgan fingerprint density at radius 2 is 1.30 bits per heavy atom. The van der Waals surface area contributed by atoms with Crippen LogP contribution in [0.2, 0.25) is 0 Å². The average Bonchev–Trinajstić information content (AvgIpc) is 3.19. The molecule has 0 amide bonds. The second-order valence-electron chi connectivity index (χ2n) is 9.01. The summed E-state index contributed by atoms with van der Waals surface area (Å²) in [5.74, 6) is 6.03. The Kier molecular flexibility index (Phi) is 6.61. The lowest BCUT2D eigenvalue weighted by Gasteiger charge is -2.10. The van der Waals surface area contributed by atoms with E-state index in [1.54, 1.807) is 0 Å². The summed E-state index contributed by atoms with van der Waals surface area (Å²) >= 11 is 0. The Balaban J connectivity index is 0.000000151. The summed E-state index contributed by atoms with van der Waals surface area (Å²) in [4.78, 5) is 0. The Labute approximate surface area is 129 Å². The maximum Gasteiger partial charge on any atom is -0.0302 e. The van der Waals surface area contributed by atoms with E-state index in [0.29, 0.717) is 0 Å². The summed E-state index contributed by atoms with van der Waals surface area (Å²) in [6.45, 7) is 18.6. The van der Waals surface area contributed by atoms with E-state index in [2.05, 4.69) is 55.4 Å². The minimum absolute atomic E-state index is 0.750. The molecular formula is C20H40. The maximum atomic E-state index is 2.37. The van der Waals surface area contributed by atoms with Gasteiger partial charge in [-0.25, -0.2) is 0 Å². The summed E-state index contributed by atoms with van der Waals surface area (Å²) in [5.41, 5.74) is 0.750. The van der Waals surface area contributed by atoms with E-state index < -0.39 is 0 Å². The first-order chi connectivity index (χ1) is 9.17. The minimum Gasteiger partial charge on any atom is -0.0625 e. The third-order valence-electron chi connectivity index (χ3n) is 6.03. The number of hydrogen-bond donors (Lipinski definition) is 0. The fraction of sp³-hybridized carbons (Fsp3) is 1.00. The van der Waals surface area contributed by atoms with Crippen molar-refractivity contribution in [2.45, 2.75) is 87.5 Å². The maximum absolute atomic E-state index is 2.37. The fourth-order valence-electron chi connectivity index (χ4n) is 2.82. The van der Waals surface area contributed by atoms with E-state index in [1.807, 2.05) is 0 Å². The molecule has 2 unspecified atom stereocenters. The summed E-state index contributed by atoms with van der Waals surface area (Å²) in [6, 6.07) is 0. The molecule has 2 atom stereocenters. The van der Waals surface area contributed by atoms with Gasteiger partial charge in [0.25, 0.3) is 0 Å². The van der Waals surface area contributed by atoms with Crippen LogP contribution < -0.4 is 0 Å². The normalized spacial score (nSPS) is 29.6. The van der Waals surface area contributed by atoms with Gasteiger partial charge in [0, 0.05) is 0 Å². The average molecular weight is 281 g/mol. The van der Waals surface area contributed by atoms with Gasteiger partial charge in [-0.15, -0.1) is 0 Å². The largest absolute Gasteiger partial charge is 0.0625 e. The summed E-state index contributed by atoms with van der Waals surface area (Å²) in [6.07, 6.45) is 7.41. The molecular weight excluding hydrogens is 240 g/mol. The van der Waals surface area contributed by atoms with Crippen molar-refractivity contribution in [3.05, 3.63) is 0 Å². The molecule has 0 aromatic carbocycles. The molecule has 120 valence electrons. The first-order valence-corrected chi connectivity index (χ1v) is 9.17. The molecule has 0 spiro atoms. The van der Waals surface area contributed by atoms with Crippen molar-refractivity contribution >= 4 is 0 Å². The predicted molar refractivity (Wildman–Crippen MR) is 91.9 cm³/mol. The molecule has 0 nitrogen and oxygen atoms in total. The van der Waals surface area contributed by atoms with Gasteiger partial charge in [-0.05, 0) is 73.0 Å². The van der Waals surface area contributed by atoms with E-state index in [-0.39, 0.29) is 0 Å². The van der Waals surface area contributed by atoms with Crippen LogP contribution in [0.3, 0.4) is 0 Å². The zero-order valence-corrected chi connectivity index (χ0v) is 15.5.